The van der Waals surface area contributed by atoms with Crippen molar-refractivity contribution in [2.45, 2.75) is 13.5 Å². The molecule has 0 aliphatic carbocycles. The molecule has 0 unspecified atom stereocenters. The Hall–Kier alpha value is -3.93. The second-order valence-corrected chi connectivity index (χ2v) is 7.51. The molecule has 152 valence electrons. The molecule has 12 heteroatoms. The van der Waals surface area contributed by atoms with E-state index in [9.17, 15) is 14.4 Å². The van der Waals surface area contributed by atoms with Crippen LogP contribution >= 0.6 is 11.3 Å². The standard InChI is InChI=1S/C18H14N6O5S/c1-9-13-15(26)23(19)18(27)22(17(13)30-16(9)24-20-5-6-21-24)7-11(25)10-3-2-4-12-14(10)29-8-28-12/h2-6H,7-8,19H2,1H3. The molecule has 0 radical (unpaired) electrons. The van der Waals surface area contributed by atoms with Gasteiger partial charge >= 0.3 is 5.69 Å². The Balaban J connectivity index is 1.69. The Bertz CT molecular complexity index is 1430. The molecule has 0 saturated carbocycles. The normalized spacial score (nSPS) is 12.6. The topological polar surface area (TPSA) is 136 Å². The summed E-state index contributed by atoms with van der Waals surface area (Å²) < 4.78 is 12.4. The molecule has 5 rings (SSSR count). The number of nitrogens with zero attached hydrogens (tertiary/aromatic N) is 5. The van der Waals surface area contributed by atoms with Gasteiger partial charge in [0.05, 0.1) is 29.9 Å². The maximum atomic E-state index is 13.0. The van der Waals surface area contributed by atoms with Crippen molar-refractivity contribution in [2.24, 2.45) is 0 Å². The van der Waals surface area contributed by atoms with Crippen LogP contribution in [0.25, 0.3) is 15.2 Å². The summed E-state index contributed by atoms with van der Waals surface area (Å²) in [5, 5.41) is 8.96. The monoisotopic (exact) mass is 426 g/mol. The Morgan fingerprint density at radius 2 is 2.00 bits per heavy atom. The quantitative estimate of drug-likeness (QED) is 0.367. The van der Waals surface area contributed by atoms with Gasteiger partial charge in [-0.25, -0.2) is 4.79 Å². The van der Waals surface area contributed by atoms with E-state index < -0.39 is 11.2 Å². The van der Waals surface area contributed by atoms with Gasteiger partial charge in [-0.1, -0.05) is 17.4 Å². The van der Waals surface area contributed by atoms with E-state index in [0.29, 0.717) is 31.6 Å². The zero-order chi connectivity index (χ0) is 21.0. The lowest BCUT2D eigenvalue weighted by Crippen LogP contribution is -2.45. The molecule has 2 N–H and O–H groups in total. The van der Waals surface area contributed by atoms with Crippen LogP contribution in [0, 0.1) is 6.92 Å². The SMILES string of the molecule is Cc1c(-n2nccn2)sc2c1c(=O)n(N)c(=O)n2CC(=O)c1cccc2c1OCO2. The van der Waals surface area contributed by atoms with Crippen molar-refractivity contribution in [1.29, 1.82) is 0 Å². The number of nitrogens with two attached hydrogens (primary N) is 1. The van der Waals surface area contributed by atoms with E-state index in [0.717, 1.165) is 11.3 Å². The van der Waals surface area contributed by atoms with Crippen LogP contribution in [0.3, 0.4) is 0 Å². The summed E-state index contributed by atoms with van der Waals surface area (Å²) in [6.07, 6.45) is 3.00. The number of aryl methyl sites for hydroxylation is 1. The third-order valence-corrected chi connectivity index (χ3v) is 6.10. The van der Waals surface area contributed by atoms with Gasteiger partial charge in [0.15, 0.2) is 17.3 Å². The number of hydrogen-bond acceptors (Lipinski definition) is 9. The average Bonchev–Trinajstić information content (AvgIpc) is 3.48. The minimum atomic E-state index is -0.799. The summed E-state index contributed by atoms with van der Waals surface area (Å²) in [6.45, 7) is 1.39. The molecule has 4 heterocycles. The second-order valence-electron chi connectivity index (χ2n) is 6.54. The van der Waals surface area contributed by atoms with Gasteiger partial charge in [-0.05, 0) is 19.1 Å². The molecule has 3 aromatic heterocycles. The Morgan fingerprint density at radius 3 is 2.77 bits per heavy atom. The number of hydrogen-bond donors (Lipinski definition) is 1. The van der Waals surface area contributed by atoms with Crippen LogP contribution in [0.1, 0.15) is 15.9 Å². The van der Waals surface area contributed by atoms with Crippen molar-refractivity contribution in [3.63, 3.8) is 0 Å². The van der Waals surface area contributed by atoms with Crippen LogP contribution < -0.4 is 26.6 Å². The zero-order valence-electron chi connectivity index (χ0n) is 15.6. The molecule has 1 aromatic carbocycles. The predicted octanol–water partition coefficient (Wildman–Crippen LogP) is 0.439. The summed E-state index contributed by atoms with van der Waals surface area (Å²) in [6, 6.07) is 4.95. The van der Waals surface area contributed by atoms with E-state index in [-0.39, 0.29) is 30.1 Å². The number of fused-ring (bicyclic) bond motifs is 2. The van der Waals surface area contributed by atoms with E-state index in [1.807, 2.05) is 0 Å². The van der Waals surface area contributed by atoms with Crippen LogP contribution in [0.5, 0.6) is 11.5 Å². The molecular weight excluding hydrogens is 412 g/mol. The van der Waals surface area contributed by atoms with Gasteiger partial charge in [-0.3, -0.25) is 14.2 Å². The largest absolute Gasteiger partial charge is 0.454 e. The lowest BCUT2D eigenvalue weighted by atomic mass is 10.1. The Labute approximate surface area is 171 Å². The number of rotatable bonds is 4. The summed E-state index contributed by atoms with van der Waals surface area (Å²) in [5.41, 5.74) is -0.606. The third kappa shape index (κ3) is 2.54. The van der Waals surface area contributed by atoms with Gasteiger partial charge in [-0.2, -0.15) is 14.9 Å². The summed E-state index contributed by atoms with van der Waals surface area (Å²) in [4.78, 5) is 40.2. The first-order chi connectivity index (χ1) is 14.5. The number of thiophene rings is 1. The number of aromatic nitrogens is 5. The Kier molecular flexibility index (Phi) is 3.96. The van der Waals surface area contributed by atoms with E-state index in [2.05, 4.69) is 10.2 Å². The van der Waals surface area contributed by atoms with Crippen molar-refractivity contribution in [1.82, 2.24) is 24.2 Å². The Morgan fingerprint density at radius 1 is 1.23 bits per heavy atom. The number of ether oxygens (including phenoxy) is 2. The second kappa shape index (κ2) is 6.56. The van der Waals surface area contributed by atoms with Gasteiger partial charge in [-0.15, -0.1) is 4.80 Å². The number of carbonyl (C=O) groups is 1. The molecule has 1 aliphatic rings. The minimum absolute atomic E-state index is 0.0157. The molecule has 0 atom stereocenters. The van der Waals surface area contributed by atoms with Crippen molar-refractivity contribution >= 4 is 27.3 Å². The molecule has 0 spiro atoms. The first kappa shape index (κ1) is 18.1. The highest BCUT2D eigenvalue weighted by Crippen LogP contribution is 2.36. The highest BCUT2D eigenvalue weighted by Gasteiger charge is 2.25. The maximum Gasteiger partial charge on any atom is 0.351 e. The molecule has 0 fully saturated rings. The number of para-hydroxylation sites is 1. The lowest BCUT2D eigenvalue weighted by molar-refractivity contribution is 0.0967. The molecular formula is C18H14N6O5S. The van der Waals surface area contributed by atoms with Crippen molar-refractivity contribution in [3.05, 3.63) is 62.6 Å². The van der Waals surface area contributed by atoms with E-state index in [4.69, 9.17) is 15.3 Å². The number of nitrogen functional groups attached to an aromatic ring is 1. The molecule has 0 bridgehead atoms. The average molecular weight is 426 g/mol. The number of Topliss-reactive ketones (excluding diaryl/α,β-unsaturated/α-hetero) is 1. The first-order valence-electron chi connectivity index (χ1n) is 8.80. The fourth-order valence-electron chi connectivity index (χ4n) is 3.38. The van der Waals surface area contributed by atoms with Gasteiger partial charge in [0, 0.05) is 5.56 Å². The van der Waals surface area contributed by atoms with Gasteiger partial charge in [0.1, 0.15) is 9.83 Å². The smallest absolute Gasteiger partial charge is 0.351 e. The van der Waals surface area contributed by atoms with E-state index in [1.165, 1.54) is 21.8 Å². The molecule has 4 aromatic rings. The maximum absolute atomic E-state index is 13.0. The van der Waals surface area contributed by atoms with Gasteiger partial charge in [0.25, 0.3) is 5.56 Å². The van der Waals surface area contributed by atoms with Gasteiger partial charge < -0.3 is 15.3 Å². The van der Waals surface area contributed by atoms with Crippen LogP contribution in [0.15, 0.2) is 40.2 Å². The van der Waals surface area contributed by atoms with Gasteiger partial charge in [0.2, 0.25) is 6.79 Å². The van der Waals surface area contributed by atoms with E-state index >= 15 is 0 Å². The minimum Gasteiger partial charge on any atom is -0.454 e. The molecule has 0 amide bonds. The van der Waals surface area contributed by atoms with E-state index in [1.54, 1.807) is 25.1 Å². The summed E-state index contributed by atoms with van der Waals surface area (Å²) in [5.74, 6) is 6.14. The van der Waals surface area contributed by atoms with Crippen molar-refractivity contribution in [3.8, 4) is 16.5 Å². The highest BCUT2D eigenvalue weighted by atomic mass is 32.1. The van der Waals surface area contributed by atoms with Crippen molar-refractivity contribution < 1.29 is 14.3 Å². The first-order valence-corrected chi connectivity index (χ1v) is 9.61. The van der Waals surface area contributed by atoms with Crippen LogP contribution in [0.2, 0.25) is 0 Å². The number of ketones is 1. The van der Waals surface area contributed by atoms with Crippen LogP contribution in [-0.4, -0.2) is 36.8 Å². The number of carbonyl (C=O) groups excluding carboxylic acids is 1. The summed E-state index contributed by atoms with van der Waals surface area (Å²) in [7, 11) is 0. The van der Waals surface area contributed by atoms with Crippen LogP contribution in [0.4, 0.5) is 0 Å². The predicted molar refractivity (Wildman–Crippen MR) is 107 cm³/mol. The molecule has 1 aliphatic heterocycles. The number of benzene rings is 1. The summed E-state index contributed by atoms with van der Waals surface area (Å²) >= 11 is 1.13. The van der Waals surface area contributed by atoms with Crippen molar-refractivity contribution in [2.75, 3.05) is 12.6 Å². The lowest BCUT2D eigenvalue weighted by Gasteiger charge is -2.10. The van der Waals surface area contributed by atoms with Crippen LogP contribution in [-0.2, 0) is 6.54 Å². The molecule has 0 saturated heterocycles. The highest BCUT2D eigenvalue weighted by molar-refractivity contribution is 7.21. The fraction of sp³-hybridized carbons (Fsp3) is 0.167. The fourth-order valence-corrected chi connectivity index (χ4v) is 4.59. The zero-order valence-corrected chi connectivity index (χ0v) is 16.4. The molecule has 30 heavy (non-hydrogen) atoms. The third-order valence-electron chi connectivity index (χ3n) is 4.82. The molecule has 11 nitrogen and oxygen atoms in total.